The molecule has 21 heavy (non-hydrogen) atoms. The highest BCUT2D eigenvalue weighted by atomic mass is 32.2. The van der Waals surface area contributed by atoms with Gasteiger partial charge in [0.15, 0.2) is 0 Å². The van der Waals surface area contributed by atoms with Crippen molar-refractivity contribution in [3.8, 4) is 0 Å². The van der Waals surface area contributed by atoms with Crippen molar-refractivity contribution in [3.05, 3.63) is 54.0 Å². The van der Waals surface area contributed by atoms with E-state index in [0.29, 0.717) is 5.03 Å². The molecule has 0 radical (unpaired) electrons. The van der Waals surface area contributed by atoms with Gasteiger partial charge in [-0.3, -0.25) is 4.98 Å². The summed E-state index contributed by atoms with van der Waals surface area (Å²) in [4.78, 5) is 7.81. The van der Waals surface area contributed by atoms with Crippen LogP contribution in [0.4, 0.5) is 13.2 Å². The maximum Gasteiger partial charge on any atom is 0.417 e. The van der Waals surface area contributed by atoms with Crippen LogP contribution >= 0.6 is 11.8 Å². The van der Waals surface area contributed by atoms with E-state index in [0.717, 1.165) is 17.8 Å². The smallest absolute Gasteiger partial charge is 0.327 e. The lowest BCUT2D eigenvalue weighted by Crippen LogP contribution is -2.22. The van der Waals surface area contributed by atoms with Crippen LogP contribution in [0, 0.1) is 0 Å². The molecule has 3 nitrogen and oxygen atoms in total. The van der Waals surface area contributed by atoms with E-state index in [4.69, 9.17) is 5.73 Å². The van der Waals surface area contributed by atoms with Gasteiger partial charge in [0.2, 0.25) is 0 Å². The number of aromatic nitrogens is 2. The van der Waals surface area contributed by atoms with Gasteiger partial charge in [0.05, 0.1) is 15.8 Å². The van der Waals surface area contributed by atoms with Crippen molar-refractivity contribution in [2.24, 2.45) is 5.73 Å². The molecule has 0 spiro atoms. The lowest BCUT2D eigenvalue weighted by Gasteiger charge is -2.20. The van der Waals surface area contributed by atoms with Gasteiger partial charge < -0.3 is 5.73 Å². The van der Waals surface area contributed by atoms with Crippen LogP contribution in [0.15, 0.2) is 47.9 Å². The minimum absolute atomic E-state index is 0.0998. The zero-order valence-corrected chi connectivity index (χ0v) is 12.0. The molecule has 0 bridgehead atoms. The van der Waals surface area contributed by atoms with Crippen molar-refractivity contribution in [1.29, 1.82) is 0 Å². The van der Waals surface area contributed by atoms with Gasteiger partial charge in [-0.05, 0) is 36.8 Å². The van der Waals surface area contributed by atoms with Gasteiger partial charge in [-0.1, -0.05) is 11.8 Å². The van der Waals surface area contributed by atoms with Crippen LogP contribution < -0.4 is 5.73 Å². The Morgan fingerprint density at radius 2 is 1.81 bits per heavy atom. The molecule has 2 atom stereocenters. The van der Waals surface area contributed by atoms with Crippen LogP contribution in [0.3, 0.4) is 0 Å². The van der Waals surface area contributed by atoms with E-state index in [1.807, 2.05) is 19.1 Å². The fourth-order valence-electron chi connectivity index (χ4n) is 1.78. The Kier molecular flexibility index (Phi) is 4.84. The quantitative estimate of drug-likeness (QED) is 0.875. The average Bonchev–Trinajstić information content (AvgIpc) is 2.45. The summed E-state index contributed by atoms with van der Waals surface area (Å²) in [6, 6.07) is 5.89. The zero-order chi connectivity index (χ0) is 15.5. The molecular formula is C14H14F3N3S. The number of halogens is 3. The molecule has 0 aliphatic carbocycles. The topological polar surface area (TPSA) is 51.8 Å². The van der Waals surface area contributed by atoms with Gasteiger partial charge in [-0.25, -0.2) is 4.98 Å². The molecule has 0 aliphatic rings. The highest BCUT2D eigenvalue weighted by molar-refractivity contribution is 7.99. The molecular weight excluding hydrogens is 299 g/mol. The Labute approximate surface area is 124 Å². The molecule has 0 fully saturated rings. The summed E-state index contributed by atoms with van der Waals surface area (Å²) in [6.45, 7) is 1.85. The normalized spacial score (nSPS) is 14.7. The van der Waals surface area contributed by atoms with E-state index in [1.54, 1.807) is 12.4 Å². The van der Waals surface area contributed by atoms with E-state index in [2.05, 4.69) is 9.97 Å². The molecule has 0 amide bonds. The molecule has 0 saturated heterocycles. The maximum absolute atomic E-state index is 12.5. The van der Waals surface area contributed by atoms with Gasteiger partial charge in [-0.15, -0.1) is 0 Å². The molecule has 0 saturated carbocycles. The van der Waals surface area contributed by atoms with Crippen LogP contribution in [0.2, 0.25) is 0 Å². The lowest BCUT2D eigenvalue weighted by atomic mass is 10.1. The lowest BCUT2D eigenvalue weighted by molar-refractivity contribution is -0.137. The summed E-state index contributed by atoms with van der Waals surface area (Å²) < 4.78 is 37.5. The number of hydrogen-bond acceptors (Lipinski definition) is 4. The first-order valence-electron chi connectivity index (χ1n) is 6.23. The number of rotatable bonds is 4. The highest BCUT2D eigenvalue weighted by Crippen LogP contribution is 2.37. The third kappa shape index (κ3) is 4.18. The summed E-state index contributed by atoms with van der Waals surface area (Å²) in [5.41, 5.74) is 6.17. The fourth-order valence-corrected chi connectivity index (χ4v) is 2.81. The van der Waals surface area contributed by atoms with Gasteiger partial charge in [-0.2, -0.15) is 13.2 Å². The average molecular weight is 313 g/mol. The van der Waals surface area contributed by atoms with Crippen molar-refractivity contribution in [3.63, 3.8) is 0 Å². The Morgan fingerprint density at radius 3 is 2.29 bits per heavy atom. The summed E-state index contributed by atoms with van der Waals surface area (Å²) in [5.74, 6) is 0. The van der Waals surface area contributed by atoms with Crippen LogP contribution in [-0.4, -0.2) is 16.0 Å². The summed E-state index contributed by atoms with van der Waals surface area (Å²) in [7, 11) is 0. The van der Waals surface area contributed by atoms with Crippen molar-refractivity contribution < 1.29 is 13.2 Å². The van der Waals surface area contributed by atoms with Crippen molar-refractivity contribution >= 4 is 11.8 Å². The van der Waals surface area contributed by atoms with Crippen molar-refractivity contribution in [2.45, 2.75) is 29.4 Å². The standard InChI is InChI=1S/C14H14F3N3S/c1-9(18)13(10-4-6-19-7-5-10)21-12-3-2-11(8-20-12)14(15,16)17/h2-9,13H,18H2,1H3. The minimum Gasteiger partial charge on any atom is -0.327 e. The molecule has 2 rings (SSSR count). The first-order chi connectivity index (χ1) is 9.88. The van der Waals surface area contributed by atoms with Crippen molar-refractivity contribution in [2.75, 3.05) is 0 Å². The second kappa shape index (κ2) is 6.44. The maximum atomic E-state index is 12.5. The SMILES string of the molecule is CC(N)C(Sc1ccc(C(F)(F)F)cn1)c1ccncc1. The molecule has 2 N–H and O–H groups in total. The Balaban J connectivity index is 2.18. The number of nitrogens with zero attached hydrogens (tertiary/aromatic N) is 2. The molecule has 2 unspecified atom stereocenters. The van der Waals surface area contributed by atoms with Gasteiger partial charge in [0.25, 0.3) is 0 Å². The second-order valence-electron chi connectivity index (χ2n) is 4.56. The third-order valence-corrected chi connectivity index (χ3v) is 4.26. The number of alkyl halides is 3. The summed E-state index contributed by atoms with van der Waals surface area (Å²) in [6.07, 6.45) is -0.216. The van der Waals surface area contributed by atoms with E-state index in [1.165, 1.54) is 17.8 Å². The highest BCUT2D eigenvalue weighted by Gasteiger charge is 2.30. The molecule has 7 heteroatoms. The van der Waals surface area contributed by atoms with Crippen LogP contribution in [0.1, 0.15) is 23.3 Å². The Bertz CT molecular complexity index is 570. The first-order valence-corrected chi connectivity index (χ1v) is 7.11. The molecule has 2 heterocycles. The molecule has 112 valence electrons. The van der Waals surface area contributed by atoms with Crippen LogP contribution in [0.25, 0.3) is 0 Å². The number of pyridine rings is 2. The predicted octanol–water partition coefficient (Wildman–Crippen LogP) is 3.68. The van der Waals surface area contributed by atoms with Crippen molar-refractivity contribution in [1.82, 2.24) is 9.97 Å². The minimum atomic E-state index is -4.37. The van der Waals surface area contributed by atoms with E-state index < -0.39 is 11.7 Å². The Morgan fingerprint density at radius 1 is 1.14 bits per heavy atom. The molecule has 2 aromatic rings. The predicted molar refractivity (Wildman–Crippen MR) is 75.7 cm³/mol. The van der Waals surface area contributed by atoms with E-state index in [9.17, 15) is 13.2 Å². The largest absolute Gasteiger partial charge is 0.417 e. The molecule has 0 aliphatic heterocycles. The summed E-state index contributed by atoms with van der Waals surface area (Å²) in [5, 5.41) is 0.402. The number of thioether (sulfide) groups is 1. The summed E-state index contributed by atoms with van der Waals surface area (Å²) >= 11 is 1.34. The number of hydrogen-bond donors (Lipinski definition) is 1. The monoisotopic (exact) mass is 313 g/mol. The third-order valence-electron chi connectivity index (χ3n) is 2.82. The second-order valence-corrected chi connectivity index (χ2v) is 5.72. The van der Waals surface area contributed by atoms with Gasteiger partial charge in [0.1, 0.15) is 0 Å². The van der Waals surface area contributed by atoms with Gasteiger partial charge in [0, 0.05) is 24.6 Å². The molecule has 0 aromatic carbocycles. The van der Waals surface area contributed by atoms with E-state index >= 15 is 0 Å². The molecule has 2 aromatic heterocycles. The fraction of sp³-hybridized carbons (Fsp3) is 0.286. The number of nitrogens with two attached hydrogens (primary N) is 1. The van der Waals surface area contributed by atoms with Gasteiger partial charge >= 0.3 is 6.18 Å². The van der Waals surface area contributed by atoms with Crippen LogP contribution in [-0.2, 0) is 6.18 Å². The van der Waals surface area contributed by atoms with E-state index in [-0.39, 0.29) is 11.3 Å². The Hall–Kier alpha value is -1.60. The zero-order valence-electron chi connectivity index (χ0n) is 11.2. The van der Waals surface area contributed by atoms with Crippen LogP contribution in [0.5, 0.6) is 0 Å². The first kappa shape index (κ1) is 15.8.